The number of benzene rings is 1. The number of carbonyl (C=O) groups is 1. The standard InChI is InChI=1S/C15H19NO2/c1-4-5-14(12(2)17)11-16-10-13-6-8-15(18-3)9-7-13/h4,6-9,11,16H,1,5,10H2,2-3H3. The van der Waals surface area contributed by atoms with Gasteiger partial charge in [0.2, 0.25) is 0 Å². The third-order valence-corrected chi connectivity index (χ3v) is 2.56. The van der Waals surface area contributed by atoms with Crippen molar-refractivity contribution in [1.29, 1.82) is 0 Å². The summed E-state index contributed by atoms with van der Waals surface area (Å²) in [6.07, 6.45) is 4.07. The summed E-state index contributed by atoms with van der Waals surface area (Å²) in [6.45, 7) is 5.87. The molecule has 0 fully saturated rings. The first kappa shape index (κ1) is 14.0. The van der Waals surface area contributed by atoms with Crippen LogP contribution in [0, 0.1) is 0 Å². The van der Waals surface area contributed by atoms with E-state index in [9.17, 15) is 4.79 Å². The molecule has 0 unspecified atom stereocenters. The predicted octanol–water partition coefficient (Wildman–Crippen LogP) is 2.83. The number of carbonyl (C=O) groups excluding carboxylic acids is 1. The number of Topliss-reactive ketones (excluding diaryl/α,β-unsaturated/α-hetero) is 1. The molecule has 0 spiro atoms. The van der Waals surface area contributed by atoms with Crippen molar-refractivity contribution in [1.82, 2.24) is 5.32 Å². The Kier molecular flexibility index (Phi) is 5.71. The minimum Gasteiger partial charge on any atom is -0.497 e. The molecule has 0 radical (unpaired) electrons. The minimum atomic E-state index is 0.0668. The smallest absolute Gasteiger partial charge is 0.157 e. The minimum absolute atomic E-state index is 0.0668. The number of allylic oxidation sites excluding steroid dienone is 2. The van der Waals surface area contributed by atoms with Gasteiger partial charge in [0.05, 0.1) is 7.11 Å². The van der Waals surface area contributed by atoms with Crippen LogP contribution in [0.2, 0.25) is 0 Å². The van der Waals surface area contributed by atoms with E-state index in [2.05, 4.69) is 11.9 Å². The van der Waals surface area contributed by atoms with Gasteiger partial charge in [0, 0.05) is 18.3 Å². The van der Waals surface area contributed by atoms with Crippen LogP contribution in [0.15, 0.2) is 48.7 Å². The lowest BCUT2D eigenvalue weighted by Crippen LogP contribution is -2.08. The zero-order valence-corrected chi connectivity index (χ0v) is 10.9. The molecule has 18 heavy (non-hydrogen) atoms. The Morgan fingerprint density at radius 2 is 2.06 bits per heavy atom. The third-order valence-electron chi connectivity index (χ3n) is 2.56. The van der Waals surface area contributed by atoms with Gasteiger partial charge in [0.15, 0.2) is 5.78 Å². The largest absolute Gasteiger partial charge is 0.497 e. The number of ketones is 1. The van der Waals surface area contributed by atoms with Crippen LogP contribution in [-0.4, -0.2) is 12.9 Å². The number of hydrogen-bond donors (Lipinski definition) is 1. The topological polar surface area (TPSA) is 38.3 Å². The Morgan fingerprint density at radius 3 is 2.56 bits per heavy atom. The summed E-state index contributed by atoms with van der Waals surface area (Å²) in [6, 6.07) is 7.80. The van der Waals surface area contributed by atoms with Crippen LogP contribution in [0.1, 0.15) is 18.9 Å². The van der Waals surface area contributed by atoms with E-state index in [0.29, 0.717) is 13.0 Å². The van der Waals surface area contributed by atoms with Gasteiger partial charge in [0.1, 0.15) is 5.75 Å². The molecule has 1 N–H and O–H groups in total. The first-order valence-corrected chi connectivity index (χ1v) is 5.84. The fraction of sp³-hybridized carbons (Fsp3) is 0.267. The molecule has 0 aliphatic rings. The monoisotopic (exact) mass is 245 g/mol. The van der Waals surface area contributed by atoms with Crippen molar-refractivity contribution in [2.45, 2.75) is 19.9 Å². The lowest BCUT2D eigenvalue weighted by Gasteiger charge is -2.05. The van der Waals surface area contributed by atoms with Gasteiger partial charge < -0.3 is 10.1 Å². The van der Waals surface area contributed by atoms with Crippen molar-refractivity contribution in [2.75, 3.05) is 7.11 Å². The number of rotatable bonds is 7. The summed E-state index contributed by atoms with van der Waals surface area (Å²) in [4.78, 5) is 11.3. The number of methoxy groups -OCH3 is 1. The molecule has 0 aliphatic carbocycles. The summed E-state index contributed by atoms with van der Waals surface area (Å²) in [7, 11) is 1.64. The van der Waals surface area contributed by atoms with E-state index in [0.717, 1.165) is 16.9 Å². The SMILES string of the molecule is C=CCC(=CNCc1ccc(OC)cc1)C(C)=O. The van der Waals surface area contributed by atoms with E-state index < -0.39 is 0 Å². The van der Waals surface area contributed by atoms with Gasteiger partial charge in [-0.05, 0) is 31.0 Å². The van der Waals surface area contributed by atoms with Gasteiger partial charge in [-0.15, -0.1) is 6.58 Å². The molecule has 1 aromatic rings. The second kappa shape index (κ2) is 7.33. The molecule has 0 saturated heterocycles. The Morgan fingerprint density at radius 1 is 1.39 bits per heavy atom. The molecule has 1 aromatic carbocycles. The van der Waals surface area contributed by atoms with Crippen molar-refractivity contribution in [3.05, 3.63) is 54.3 Å². The van der Waals surface area contributed by atoms with Crippen LogP contribution in [0.3, 0.4) is 0 Å². The van der Waals surface area contributed by atoms with Gasteiger partial charge in [-0.3, -0.25) is 4.79 Å². The first-order chi connectivity index (χ1) is 8.67. The maximum atomic E-state index is 11.3. The summed E-state index contributed by atoms with van der Waals surface area (Å²) in [5, 5.41) is 3.13. The maximum Gasteiger partial charge on any atom is 0.157 e. The lowest BCUT2D eigenvalue weighted by atomic mass is 10.1. The Balaban J connectivity index is 2.55. The molecule has 3 nitrogen and oxygen atoms in total. The highest BCUT2D eigenvalue weighted by Crippen LogP contribution is 2.11. The van der Waals surface area contributed by atoms with E-state index >= 15 is 0 Å². The summed E-state index contributed by atoms with van der Waals surface area (Å²) >= 11 is 0. The molecular weight excluding hydrogens is 226 g/mol. The zero-order valence-electron chi connectivity index (χ0n) is 10.9. The van der Waals surface area contributed by atoms with E-state index in [-0.39, 0.29) is 5.78 Å². The van der Waals surface area contributed by atoms with Gasteiger partial charge >= 0.3 is 0 Å². The highest BCUT2D eigenvalue weighted by molar-refractivity contribution is 5.93. The number of ether oxygens (including phenoxy) is 1. The van der Waals surface area contributed by atoms with Crippen molar-refractivity contribution in [3.63, 3.8) is 0 Å². The molecule has 3 heteroatoms. The first-order valence-electron chi connectivity index (χ1n) is 5.84. The van der Waals surface area contributed by atoms with Gasteiger partial charge in [-0.2, -0.15) is 0 Å². The van der Waals surface area contributed by atoms with Crippen LogP contribution in [0.25, 0.3) is 0 Å². The average molecular weight is 245 g/mol. The molecule has 1 rings (SSSR count). The number of hydrogen-bond acceptors (Lipinski definition) is 3. The van der Waals surface area contributed by atoms with Gasteiger partial charge in [0.25, 0.3) is 0 Å². The van der Waals surface area contributed by atoms with Crippen molar-refractivity contribution >= 4 is 5.78 Å². The fourth-order valence-electron chi connectivity index (χ4n) is 1.50. The number of nitrogens with one attached hydrogen (secondary N) is 1. The predicted molar refractivity (Wildman–Crippen MR) is 73.4 cm³/mol. The molecule has 0 bridgehead atoms. The normalized spacial score (nSPS) is 10.9. The molecule has 0 atom stereocenters. The second-order valence-corrected chi connectivity index (χ2v) is 3.95. The van der Waals surface area contributed by atoms with Crippen LogP contribution in [-0.2, 0) is 11.3 Å². The van der Waals surface area contributed by atoms with Crippen molar-refractivity contribution in [3.8, 4) is 5.75 Å². The van der Waals surface area contributed by atoms with Crippen molar-refractivity contribution < 1.29 is 9.53 Å². The molecule has 0 amide bonds. The summed E-state index contributed by atoms with van der Waals surface area (Å²) < 4.78 is 5.09. The van der Waals surface area contributed by atoms with Crippen LogP contribution >= 0.6 is 0 Å². The molecule has 0 heterocycles. The zero-order chi connectivity index (χ0) is 13.4. The second-order valence-electron chi connectivity index (χ2n) is 3.95. The molecule has 0 saturated carbocycles. The van der Waals surface area contributed by atoms with Crippen LogP contribution in [0.4, 0.5) is 0 Å². The Hall–Kier alpha value is -2.03. The molecule has 0 aliphatic heterocycles. The van der Waals surface area contributed by atoms with Gasteiger partial charge in [-0.1, -0.05) is 18.2 Å². The average Bonchev–Trinajstić information content (AvgIpc) is 2.38. The Labute approximate surface area is 108 Å². The molecule has 0 aromatic heterocycles. The van der Waals surface area contributed by atoms with Crippen molar-refractivity contribution in [2.24, 2.45) is 0 Å². The van der Waals surface area contributed by atoms with E-state index in [1.165, 1.54) is 0 Å². The third kappa shape index (κ3) is 4.45. The lowest BCUT2D eigenvalue weighted by molar-refractivity contribution is -0.113. The summed E-state index contributed by atoms with van der Waals surface area (Å²) in [5.41, 5.74) is 1.87. The quantitative estimate of drug-likeness (QED) is 0.593. The van der Waals surface area contributed by atoms with Crippen LogP contribution in [0.5, 0.6) is 5.75 Å². The fourth-order valence-corrected chi connectivity index (χ4v) is 1.50. The highest BCUT2D eigenvalue weighted by atomic mass is 16.5. The maximum absolute atomic E-state index is 11.3. The summed E-state index contributed by atoms with van der Waals surface area (Å²) in [5.74, 6) is 0.905. The van der Waals surface area contributed by atoms with Crippen LogP contribution < -0.4 is 10.1 Å². The highest BCUT2D eigenvalue weighted by Gasteiger charge is 2.00. The van der Waals surface area contributed by atoms with E-state index in [1.807, 2.05) is 24.3 Å². The van der Waals surface area contributed by atoms with E-state index in [4.69, 9.17) is 4.74 Å². The Bertz CT molecular complexity index is 432. The molecular formula is C15H19NO2. The van der Waals surface area contributed by atoms with Gasteiger partial charge in [-0.25, -0.2) is 0 Å². The van der Waals surface area contributed by atoms with E-state index in [1.54, 1.807) is 26.3 Å². The molecule has 96 valence electrons.